The van der Waals surface area contributed by atoms with E-state index in [9.17, 15) is 29.7 Å². The van der Waals surface area contributed by atoms with E-state index < -0.39 is 63.6 Å². The molecule has 242 valence electrons. The smallest absolute Gasteiger partial charge is 0.320 e. The molecule has 10 nitrogen and oxygen atoms in total. The van der Waals surface area contributed by atoms with Gasteiger partial charge < -0.3 is 30.1 Å². The molecule has 44 heavy (non-hydrogen) atoms. The minimum Gasteiger partial charge on any atom is -0.458 e. The van der Waals surface area contributed by atoms with E-state index in [0.29, 0.717) is 44.3 Å². The molecule has 2 heterocycles. The quantitative estimate of drug-likeness (QED) is 0.281. The molecule has 0 bridgehead atoms. The highest BCUT2D eigenvalue weighted by molar-refractivity contribution is 5.94. The number of nitrogens with one attached hydrogen (secondary N) is 1. The third-order valence-electron chi connectivity index (χ3n) is 11.3. The molecule has 0 aromatic heterocycles. The second-order valence-corrected chi connectivity index (χ2v) is 14.6. The summed E-state index contributed by atoms with van der Waals surface area (Å²) in [4.78, 5) is 42.0. The normalized spacial score (nSPS) is 40.8. The van der Waals surface area contributed by atoms with E-state index in [0.717, 1.165) is 0 Å². The van der Waals surface area contributed by atoms with Gasteiger partial charge in [-0.3, -0.25) is 19.3 Å². The molecule has 2 aliphatic heterocycles. The summed E-state index contributed by atoms with van der Waals surface area (Å²) in [6.07, 6.45) is -0.322. The number of piperidine rings is 1. The summed E-state index contributed by atoms with van der Waals surface area (Å²) in [5.41, 5.74) is -6.81. The van der Waals surface area contributed by atoms with Gasteiger partial charge in [0, 0.05) is 42.4 Å². The van der Waals surface area contributed by atoms with Crippen LogP contribution >= 0.6 is 0 Å². The summed E-state index contributed by atoms with van der Waals surface area (Å²) in [6.45, 7) is 13.6. The molecular weight excluding hydrogens is 564 g/mol. The number of likely N-dealkylation sites (tertiary alicyclic amines) is 1. The first-order chi connectivity index (χ1) is 20.5. The highest BCUT2D eigenvalue weighted by Gasteiger charge is 2.81. The van der Waals surface area contributed by atoms with Gasteiger partial charge in [0.15, 0.2) is 11.4 Å². The highest BCUT2D eigenvalue weighted by atomic mass is 16.6. The number of ether oxygens (including phenoxy) is 2. The number of Topliss-reactive ketones (excluding diaryl/α,β-unsaturated/α-hetero) is 1. The van der Waals surface area contributed by atoms with Crippen LogP contribution in [0.2, 0.25) is 0 Å². The maximum atomic E-state index is 13.9. The van der Waals surface area contributed by atoms with Gasteiger partial charge in [0.1, 0.15) is 17.8 Å². The van der Waals surface area contributed by atoms with Crippen LogP contribution in [0.15, 0.2) is 43.0 Å². The van der Waals surface area contributed by atoms with E-state index in [2.05, 4.69) is 11.9 Å². The Kier molecular flexibility index (Phi) is 8.42. The number of hydrogen-bond donors (Lipinski definition) is 4. The van der Waals surface area contributed by atoms with E-state index in [4.69, 9.17) is 9.47 Å². The van der Waals surface area contributed by atoms with E-state index in [-0.39, 0.29) is 24.9 Å². The van der Waals surface area contributed by atoms with Crippen molar-refractivity contribution < 1.29 is 39.2 Å². The molecule has 1 amide bonds. The van der Waals surface area contributed by atoms with Crippen molar-refractivity contribution in [3.8, 4) is 0 Å². The Morgan fingerprint density at radius 3 is 2.34 bits per heavy atom. The fourth-order valence-corrected chi connectivity index (χ4v) is 8.87. The van der Waals surface area contributed by atoms with E-state index in [1.165, 1.54) is 13.0 Å². The van der Waals surface area contributed by atoms with Crippen LogP contribution in [-0.2, 0) is 19.1 Å². The standard InChI is InChI=1S/C34H48N2O8/c1-7-31(4)19-24(38)34(42)32(5)23(37)13-16-30(2,3)27(32)26(28(40)33(34,6)44-31)43-25(39)20-36-17-14-22(15-18-36)35-29(41)21-11-9-8-10-12-21/h7-12,22-23,26-28,37,40,42H,1,13-20H2,2-6H3,(H,35,41)/t23-,26?,27?,28?,31-,32?,33+,34-/m0/s1. The third kappa shape index (κ3) is 5.03. The number of fused-ring (bicyclic) bond motifs is 3. The molecule has 0 spiro atoms. The molecule has 2 saturated heterocycles. The molecule has 4 N–H and O–H groups in total. The van der Waals surface area contributed by atoms with Crippen molar-refractivity contribution in [2.24, 2.45) is 16.7 Å². The number of esters is 1. The number of aliphatic hydroxyl groups is 3. The van der Waals surface area contributed by atoms with Gasteiger partial charge >= 0.3 is 5.97 Å². The van der Waals surface area contributed by atoms with Gasteiger partial charge in [-0.05, 0) is 57.1 Å². The average Bonchev–Trinajstić information content (AvgIpc) is 2.97. The largest absolute Gasteiger partial charge is 0.458 e. The van der Waals surface area contributed by atoms with Gasteiger partial charge in [-0.2, -0.15) is 0 Å². The van der Waals surface area contributed by atoms with Crippen LogP contribution in [0.5, 0.6) is 0 Å². The Bertz CT molecular complexity index is 1300. The molecule has 4 aliphatic rings. The molecule has 1 aromatic rings. The lowest BCUT2D eigenvalue weighted by molar-refractivity contribution is -0.370. The second-order valence-electron chi connectivity index (χ2n) is 14.6. The monoisotopic (exact) mass is 612 g/mol. The van der Waals surface area contributed by atoms with Crippen LogP contribution in [0.4, 0.5) is 0 Å². The van der Waals surface area contributed by atoms with Gasteiger partial charge in [0.25, 0.3) is 5.91 Å². The van der Waals surface area contributed by atoms with Crippen molar-refractivity contribution in [3.05, 3.63) is 48.6 Å². The molecule has 4 fully saturated rings. The molecule has 1 aromatic carbocycles. The van der Waals surface area contributed by atoms with Crippen LogP contribution in [0, 0.1) is 16.7 Å². The first kappa shape index (κ1) is 32.8. The van der Waals surface area contributed by atoms with E-state index in [1.54, 1.807) is 26.0 Å². The molecule has 4 unspecified atom stereocenters. The summed E-state index contributed by atoms with van der Waals surface area (Å²) in [7, 11) is 0. The van der Waals surface area contributed by atoms with E-state index in [1.807, 2.05) is 36.9 Å². The lowest BCUT2D eigenvalue weighted by Gasteiger charge is -2.71. The molecule has 2 saturated carbocycles. The third-order valence-corrected chi connectivity index (χ3v) is 11.3. The number of carbonyl (C=O) groups excluding carboxylic acids is 3. The van der Waals surface area contributed by atoms with Crippen molar-refractivity contribution >= 4 is 17.7 Å². The molecule has 0 radical (unpaired) electrons. The van der Waals surface area contributed by atoms with Gasteiger partial charge in [-0.25, -0.2) is 0 Å². The molecule has 5 rings (SSSR count). The lowest BCUT2D eigenvalue weighted by atomic mass is 9.40. The zero-order chi connectivity index (χ0) is 32.3. The minimum atomic E-state index is -2.25. The number of hydrogen-bond acceptors (Lipinski definition) is 9. The van der Waals surface area contributed by atoms with Crippen LogP contribution in [0.1, 0.15) is 77.1 Å². The Morgan fingerprint density at radius 2 is 1.73 bits per heavy atom. The topological polar surface area (TPSA) is 146 Å². The second kappa shape index (κ2) is 11.3. The Labute approximate surface area is 259 Å². The van der Waals surface area contributed by atoms with Crippen molar-refractivity contribution in [1.82, 2.24) is 10.2 Å². The fraction of sp³-hybridized carbons (Fsp3) is 0.676. The number of amides is 1. The van der Waals surface area contributed by atoms with Crippen LogP contribution in [0.3, 0.4) is 0 Å². The first-order valence-corrected chi connectivity index (χ1v) is 15.8. The Balaban J connectivity index is 1.35. The summed E-state index contributed by atoms with van der Waals surface area (Å²) >= 11 is 0. The van der Waals surface area contributed by atoms with Gasteiger partial charge in [0.05, 0.1) is 18.2 Å². The van der Waals surface area contributed by atoms with Crippen LogP contribution in [0.25, 0.3) is 0 Å². The van der Waals surface area contributed by atoms with Gasteiger partial charge in [-0.15, -0.1) is 6.58 Å². The van der Waals surface area contributed by atoms with Crippen molar-refractivity contribution in [2.45, 2.75) is 108 Å². The number of ketones is 1. The van der Waals surface area contributed by atoms with Gasteiger partial charge in [-0.1, -0.05) is 45.0 Å². The molecule has 10 heteroatoms. The Hall–Kier alpha value is -2.63. The number of rotatable bonds is 6. The van der Waals surface area contributed by atoms with Crippen LogP contribution < -0.4 is 5.32 Å². The molecule has 8 atom stereocenters. The summed E-state index contributed by atoms with van der Waals surface area (Å²) < 4.78 is 12.5. The van der Waals surface area contributed by atoms with E-state index >= 15 is 0 Å². The number of benzene rings is 1. The predicted molar refractivity (Wildman–Crippen MR) is 163 cm³/mol. The van der Waals surface area contributed by atoms with Gasteiger partial charge in [0.2, 0.25) is 0 Å². The first-order valence-electron chi connectivity index (χ1n) is 15.8. The zero-order valence-electron chi connectivity index (χ0n) is 26.5. The fourth-order valence-electron chi connectivity index (χ4n) is 8.87. The van der Waals surface area contributed by atoms with Crippen molar-refractivity contribution in [1.29, 1.82) is 0 Å². The highest BCUT2D eigenvalue weighted by Crippen LogP contribution is 2.67. The van der Waals surface area contributed by atoms with Crippen LogP contribution in [-0.4, -0.2) is 98.7 Å². The number of aliphatic hydroxyl groups excluding tert-OH is 2. The molecular formula is C34H48N2O8. The van der Waals surface area contributed by atoms with Crippen molar-refractivity contribution in [2.75, 3.05) is 19.6 Å². The number of carbonyl (C=O) groups is 3. The zero-order valence-corrected chi connectivity index (χ0v) is 26.5. The SMILES string of the molecule is C=C[C@@]1(C)CC(=O)[C@]2(O)C3(C)C(C(OC(=O)CN4CCC(NC(=O)c5ccccc5)CC4)C(O)[C@@]2(C)O1)C(C)(C)CC[C@@H]3O. The number of nitrogens with zero attached hydrogens (tertiary/aromatic N) is 1. The predicted octanol–water partition coefficient (Wildman–Crippen LogP) is 2.39. The maximum Gasteiger partial charge on any atom is 0.320 e. The average molecular weight is 613 g/mol. The summed E-state index contributed by atoms with van der Waals surface area (Å²) in [5.74, 6) is -1.97. The maximum absolute atomic E-state index is 13.9. The lowest BCUT2D eigenvalue weighted by Crippen LogP contribution is -2.86. The summed E-state index contributed by atoms with van der Waals surface area (Å²) in [5, 5.41) is 39.0. The molecule has 2 aliphatic carbocycles. The minimum absolute atomic E-state index is 0.0156. The Morgan fingerprint density at radius 1 is 1.09 bits per heavy atom. The summed E-state index contributed by atoms with van der Waals surface area (Å²) in [6, 6.07) is 9.02. The van der Waals surface area contributed by atoms with Crippen molar-refractivity contribution in [3.63, 3.8) is 0 Å².